The van der Waals surface area contributed by atoms with Gasteiger partial charge in [-0.1, -0.05) is 60.7 Å². The minimum absolute atomic E-state index is 0.222. The van der Waals surface area contributed by atoms with E-state index in [0.717, 1.165) is 43.8 Å². The third-order valence-corrected chi connectivity index (χ3v) is 6.49. The number of aromatic hydroxyl groups is 2. The van der Waals surface area contributed by atoms with Crippen LogP contribution >= 0.6 is 17.0 Å². The molecular formula is C32H28Cl2N2O2Zr. The molecular weight excluding hydrogens is 606 g/mol. The number of hydrogen-bond acceptors (Lipinski definition) is 4. The topological polar surface area (TPSA) is 65.2 Å². The molecule has 0 radical (unpaired) electrons. The van der Waals surface area contributed by atoms with Gasteiger partial charge in [-0.2, -0.15) is 0 Å². The van der Waals surface area contributed by atoms with Gasteiger partial charge < -0.3 is 10.2 Å². The van der Waals surface area contributed by atoms with E-state index in [1.54, 1.807) is 12.4 Å². The van der Waals surface area contributed by atoms with E-state index in [9.17, 15) is 10.2 Å². The van der Waals surface area contributed by atoms with Crippen LogP contribution < -0.4 is 0 Å². The first-order valence-corrected chi connectivity index (χ1v) is 18.7. The van der Waals surface area contributed by atoms with E-state index in [2.05, 4.69) is 12.1 Å². The van der Waals surface area contributed by atoms with E-state index in [0.29, 0.717) is 22.5 Å². The Kier molecular flexibility index (Phi) is 9.61. The van der Waals surface area contributed by atoms with E-state index in [-0.39, 0.29) is 11.5 Å². The number of rotatable bonds is 4. The molecule has 0 unspecified atom stereocenters. The molecule has 39 heavy (non-hydrogen) atoms. The van der Waals surface area contributed by atoms with E-state index in [1.807, 2.05) is 88.4 Å². The van der Waals surface area contributed by atoms with Crippen LogP contribution in [0.2, 0.25) is 0 Å². The molecule has 0 heterocycles. The molecule has 0 amide bonds. The van der Waals surface area contributed by atoms with Crippen LogP contribution in [-0.2, 0) is 20.8 Å². The molecule has 0 aliphatic heterocycles. The molecule has 5 aromatic rings. The number of nitrogens with zero attached hydrogens (tertiary/aromatic N) is 2. The summed E-state index contributed by atoms with van der Waals surface area (Å²) in [4.78, 5) is 9.81. The van der Waals surface area contributed by atoms with Gasteiger partial charge in [0, 0.05) is 34.3 Å². The maximum absolute atomic E-state index is 10.6. The van der Waals surface area contributed by atoms with E-state index in [1.165, 1.54) is 0 Å². The minimum atomic E-state index is -0.826. The van der Waals surface area contributed by atoms with Gasteiger partial charge in [0.05, 0.1) is 11.4 Å². The molecule has 0 saturated heterocycles. The third kappa shape index (κ3) is 6.44. The molecule has 0 fully saturated rings. The summed E-state index contributed by atoms with van der Waals surface area (Å²) in [6.45, 7) is 7.77. The van der Waals surface area contributed by atoms with Crippen molar-refractivity contribution in [3.05, 3.63) is 106 Å². The molecule has 0 aliphatic carbocycles. The van der Waals surface area contributed by atoms with Crippen LogP contribution in [-0.4, -0.2) is 22.6 Å². The number of aliphatic imine (C=N–C) groups is 2. The maximum atomic E-state index is 10.6. The standard InChI is InChI=1S/C32H28N2O2.2ClH.Zr/c1-19-13-21(3)31(35)23(15-19)17-33-29-27-11-7-5-9-25(27)26-10-6-8-12-28(26)30(29)34-18-24-16-20(2)14-22(4)32(24)36;;;/h5-18,35-36H,1-4H3;2*1H;/q;;;+2/p-2. The average Bonchev–Trinajstić information content (AvgIpc) is 2.91. The zero-order chi connectivity index (χ0) is 28.1. The first kappa shape index (κ1) is 29.0. The fourth-order valence-electron chi connectivity index (χ4n) is 4.82. The monoisotopic (exact) mass is 632 g/mol. The molecule has 2 N–H and O–H groups in total. The summed E-state index contributed by atoms with van der Waals surface area (Å²) in [5.41, 5.74) is 6.47. The summed E-state index contributed by atoms with van der Waals surface area (Å²) >= 11 is -0.826. The van der Waals surface area contributed by atoms with Gasteiger partial charge in [-0.05, 0) is 72.9 Å². The second-order valence-electron chi connectivity index (χ2n) is 9.42. The molecule has 0 atom stereocenters. The van der Waals surface area contributed by atoms with E-state index < -0.39 is 20.8 Å². The second-order valence-corrected chi connectivity index (χ2v) is 13.1. The van der Waals surface area contributed by atoms with E-state index in [4.69, 9.17) is 27.0 Å². The van der Waals surface area contributed by atoms with Gasteiger partial charge in [0.2, 0.25) is 0 Å². The van der Waals surface area contributed by atoms with Crippen molar-refractivity contribution in [1.82, 2.24) is 0 Å². The van der Waals surface area contributed by atoms with Gasteiger partial charge in [0.1, 0.15) is 11.5 Å². The summed E-state index contributed by atoms with van der Waals surface area (Å²) < 4.78 is 0. The average molecular weight is 635 g/mol. The van der Waals surface area contributed by atoms with Crippen molar-refractivity contribution >= 4 is 62.4 Å². The predicted octanol–water partition coefficient (Wildman–Crippen LogP) is 9.52. The van der Waals surface area contributed by atoms with Crippen LogP contribution in [0.3, 0.4) is 0 Å². The number of halogens is 2. The van der Waals surface area contributed by atoms with Crippen LogP contribution in [0.15, 0.2) is 82.8 Å². The molecule has 5 rings (SSSR count). The van der Waals surface area contributed by atoms with Crippen molar-refractivity contribution in [3.63, 3.8) is 0 Å². The van der Waals surface area contributed by atoms with Gasteiger partial charge in [-0.25, -0.2) is 0 Å². The Balaban J connectivity index is 0.00000112. The van der Waals surface area contributed by atoms with Crippen molar-refractivity contribution in [2.75, 3.05) is 0 Å². The Morgan fingerprint density at radius 1 is 0.590 bits per heavy atom. The quantitative estimate of drug-likeness (QED) is 0.153. The number of fused-ring (bicyclic) bond motifs is 3. The molecule has 7 heteroatoms. The van der Waals surface area contributed by atoms with Crippen molar-refractivity contribution in [2.24, 2.45) is 9.98 Å². The SMILES string of the molecule is Cc1cc(C)c(O)c(C=Nc2c(N=Cc3cc(C)cc(C)c3O)c3ccccc3c3ccccc23)c1.[Cl][Zr][Cl]. The van der Waals surface area contributed by atoms with Crippen LogP contribution in [0.25, 0.3) is 21.5 Å². The zero-order valence-electron chi connectivity index (χ0n) is 22.1. The Labute approximate surface area is 247 Å². The third-order valence-electron chi connectivity index (χ3n) is 6.49. The second kappa shape index (κ2) is 12.9. The normalized spacial score (nSPS) is 11.3. The van der Waals surface area contributed by atoms with Gasteiger partial charge in [-0.3, -0.25) is 9.98 Å². The number of phenolic OH excluding ortho intramolecular Hbond substituents is 2. The summed E-state index contributed by atoms with van der Waals surface area (Å²) in [6, 6.07) is 24.0. The van der Waals surface area contributed by atoms with Crippen molar-refractivity contribution in [3.8, 4) is 11.5 Å². The number of hydrogen-bond donors (Lipinski definition) is 2. The van der Waals surface area contributed by atoms with Gasteiger partial charge in [-0.15, -0.1) is 0 Å². The van der Waals surface area contributed by atoms with Crippen molar-refractivity contribution in [2.45, 2.75) is 27.7 Å². The van der Waals surface area contributed by atoms with Crippen LogP contribution in [0.4, 0.5) is 11.4 Å². The summed E-state index contributed by atoms with van der Waals surface area (Å²) in [7, 11) is 9.87. The van der Waals surface area contributed by atoms with E-state index >= 15 is 0 Å². The predicted molar refractivity (Wildman–Crippen MR) is 163 cm³/mol. The molecule has 0 bridgehead atoms. The molecule has 196 valence electrons. The van der Waals surface area contributed by atoms with Gasteiger partial charge in [0.25, 0.3) is 0 Å². The van der Waals surface area contributed by atoms with Crippen LogP contribution in [0.1, 0.15) is 33.4 Å². The fourth-order valence-corrected chi connectivity index (χ4v) is 4.82. The Morgan fingerprint density at radius 3 is 1.28 bits per heavy atom. The summed E-state index contributed by atoms with van der Waals surface area (Å²) in [5, 5.41) is 25.4. The number of phenols is 2. The molecule has 0 saturated carbocycles. The molecule has 0 aromatic heterocycles. The summed E-state index contributed by atoms with van der Waals surface area (Å²) in [6.07, 6.45) is 3.42. The first-order valence-electron chi connectivity index (χ1n) is 12.3. The number of benzene rings is 5. The van der Waals surface area contributed by atoms with Crippen LogP contribution in [0, 0.1) is 27.7 Å². The Hall–Kier alpha value is -2.98. The first-order chi connectivity index (χ1) is 18.7. The molecule has 0 aliphatic rings. The van der Waals surface area contributed by atoms with Gasteiger partial charge in [0.15, 0.2) is 0 Å². The molecule has 4 nitrogen and oxygen atoms in total. The molecule has 0 spiro atoms. The van der Waals surface area contributed by atoms with Crippen molar-refractivity contribution in [1.29, 1.82) is 0 Å². The van der Waals surface area contributed by atoms with Crippen molar-refractivity contribution < 1.29 is 31.1 Å². The summed E-state index contributed by atoms with van der Waals surface area (Å²) in [5.74, 6) is 0.444. The Morgan fingerprint density at radius 2 is 0.923 bits per heavy atom. The Bertz CT molecular complexity index is 1610. The fraction of sp³-hybridized carbons (Fsp3) is 0.125. The molecule has 5 aromatic carbocycles. The van der Waals surface area contributed by atoms with Gasteiger partial charge >= 0.3 is 37.9 Å². The number of aryl methyl sites for hydroxylation is 4. The zero-order valence-corrected chi connectivity index (χ0v) is 26.1. The van der Waals surface area contributed by atoms with Crippen LogP contribution in [0.5, 0.6) is 11.5 Å².